The second kappa shape index (κ2) is 9.24. The average Bonchev–Trinajstić information content (AvgIpc) is 3.76. The fraction of sp³-hybridized carbons (Fsp3) is 0.269. The molecule has 0 saturated heterocycles. The molecule has 188 valence electrons. The Kier molecular flexibility index (Phi) is 5.88. The molecular formula is C26H22FN5O4S. The van der Waals surface area contributed by atoms with E-state index in [1.54, 1.807) is 6.07 Å². The van der Waals surface area contributed by atoms with Crippen LogP contribution in [0.15, 0.2) is 53.4 Å². The van der Waals surface area contributed by atoms with Crippen molar-refractivity contribution in [2.24, 2.45) is 0 Å². The number of carbonyl (C=O) groups excluding carboxylic acids is 1. The smallest absolute Gasteiger partial charge is 0.251 e. The topological polar surface area (TPSA) is 124 Å². The summed E-state index contributed by atoms with van der Waals surface area (Å²) >= 11 is 0. The molecule has 1 fully saturated rings. The highest BCUT2D eigenvalue weighted by Gasteiger charge is 2.27. The summed E-state index contributed by atoms with van der Waals surface area (Å²) in [6.07, 6.45) is 2.32. The molecule has 6 rings (SSSR count). The molecular weight excluding hydrogens is 497 g/mol. The van der Waals surface area contributed by atoms with Crippen LogP contribution in [0.1, 0.15) is 46.1 Å². The van der Waals surface area contributed by atoms with Crippen LogP contribution in [0.5, 0.6) is 0 Å². The van der Waals surface area contributed by atoms with Gasteiger partial charge in [-0.2, -0.15) is 5.10 Å². The van der Waals surface area contributed by atoms with Crippen LogP contribution >= 0.6 is 0 Å². The van der Waals surface area contributed by atoms with Crippen molar-refractivity contribution in [1.29, 1.82) is 0 Å². The number of nitrogens with one attached hydrogen (secondary N) is 1. The van der Waals surface area contributed by atoms with Crippen LogP contribution in [-0.2, 0) is 27.7 Å². The highest BCUT2D eigenvalue weighted by Crippen LogP contribution is 2.39. The largest absolute Gasteiger partial charge is 0.376 e. The number of rotatable bonds is 5. The number of carbonyl (C=O) groups is 1. The molecule has 3 aromatic heterocycles. The molecule has 4 aromatic rings. The lowest BCUT2D eigenvalue weighted by atomic mass is 10.1. The number of nitrogens with zero attached hydrogens (tertiary/aromatic N) is 4. The SMILES string of the molecule is O=C(NCc1cc2nc(-c3cccc(C4CC4)n3)ccc2nn1)c1cc(F)c2c(c1)S(=O)(=O)CCOC2. The van der Waals surface area contributed by atoms with Crippen LogP contribution in [0.25, 0.3) is 22.4 Å². The molecule has 9 nitrogen and oxygen atoms in total. The van der Waals surface area contributed by atoms with E-state index in [0.717, 1.165) is 30.3 Å². The van der Waals surface area contributed by atoms with Gasteiger partial charge in [0.05, 0.1) is 53.0 Å². The van der Waals surface area contributed by atoms with Gasteiger partial charge in [-0.25, -0.2) is 17.8 Å². The second-order valence-electron chi connectivity index (χ2n) is 9.15. The first-order valence-corrected chi connectivity index (χ1v) is 13.5. The molecule has 1 amide bonds. The van der Waals surface area contributed by atoms with E-state index in [1.807, 2.05) is 30.3 Å². The first kappa shape index (κ1) is 23.6. The second-order valence-corrected chi connectivity index (χ2v) is 11.2. The van der Waals surface area contributed by atoms with E-state index in [2.05, 4.69) is 15.5 Å². The van der Waals surface area contributed by atoms with Crippen molar-refractivity contribution in [3.8, 4) is 11.4 Å². The maximum atomic E-state index is 14.6. The first-order chi connectivity index (χ1) is 17.9. The molecule has 1 aromatic carbocycles. The Bertz CT molecular complexity index is 1660. The highest BCUT2D eigenvalue weighted by molar-refractivity contribution is 7.91. The Balaban J connectivity index is 1.23. The quantitative estimate of drug-likeness (QED) is 0.426. The Morgan fingerprint density at radius 3 is 2.70 bits per heavy atom. The average molecular weight is 520 g/mol. The fourth-order valence-corrected chi connectivity index (χ4v) is 5.67. The van der Waals surface area contributed by atoms with Gasteiger partial charge in [0.2, 0.25) is 0 Å². The minimum absolute atomic E-state index is 0.00232. The van der Waals surface area contributed by atoms with Crippen LogP contribution in [0.3, 0.4) is 0 Å². The van der Waals surface area contributed by atoms with Gasteiger partial charge in [-0.05, 0) is 55.3 Å². The molecule has 11 heteroatoms. The lowest BCUT2D eigenvalue weighted by molar-refractivity contribution is 0.0949. The van der Waals surface area contributed by atoms with E-state index in [-0.39, 0.29) is 41.5 Å². The molecule has 4 heterocycles. The Morgan fingerprint density at radius 1 is 1.03 bits per heavy atom. The standard InChI is InChI=1S/C26H22FN5O4S/c27-19-10-16(11-25-18(19)14-36-8-9-37(25,34)35)26(33)28-13-17-12-24-23(32-31-17)7-6-22(30-24)21-3-1-2-20(29-21)15-4-5-15/h1-3,6-7,10-12,15H,4-5,8-9,13-14H2,(H,28,33). The van der Waals surface area contributed by atoms with Crippen molar-refractivity contribution in [3.63, 3.8) is 0 Å². The summed E-state index contributed by atoms with van der Waals surface area (Å²) in [5, 5.41) is 11.0. The lowest BCUT2D eigenvalue weighted by Crippen LogP contribution is -2.24. The van der Waals surface area contributed by atoms with Gasteiger partial charge in [0.15, 0.2) is 9.84 Å². The van der Waals surface area contributed by atoms with Gasteiger partial charge >= 0.3 is 0 Å². The first-order valence-electron chi connectivity index (χ1n) is 11.9. The summed E-state index contributed by atoms with van der Waals surface area (Å²) in [4.78, 5) is 22.0. The van der Waals surface area contributed by atoms with Crippen LogP contribution in [0.2, 0.25) is 0 Å². The minimum atomic E-state index is -3.76. The fourth-order valence-electron chi connectivity index (χ4n) is 4.28. The van der Waals surface area contributed by atoms with Crippen molar-refractivity contribution in [2.45, 2.75) is 36.8 Å². The predicted octanol–water partition coefficient (Wildman–Crippen LogP) is 3.34. The Labute approximate surface area is 212 Å². The van der Waals surface area contributed by atoms with E-state index in [9.17, 15) is 17.6 Å². The van der Waals surface area contributed by atoms with Crippen molar-refractivity contribution in [3.05, 3.63) is 76.9 Å². The number of fused-ring (bicyclic) bond motifs is 2. The molecule has 0 unspecified atom stereocenters. The third-order valence-electron chi connectivity index (χ3n) is 6.45. The molecule has 0 radical (unpaired) electrons. The summed E-state index contributed by atoms with van der Waals surface area (Å²) in [6, 6.07) is 13.5. The van der Waals surface area contributed by atoms with E-state index in [4.69, 9.17) is 14.7 Å². The minimum Gasteiger partial charge on any atom is -0.376 e. The van der Waals surface area contributed by atoms with Gasteiger partial charge in [-0.3, -0.25) is 9.78 Å². The van der Waals surface area contributed by atoms with Crippen molar-refractivity contribution < 1.29 is 22.3 Å². The van der Waals surface area contributed by atoms with Gasteiger partial charge in [0.25, 0.3) is 5.91 Å². The van der Waals surface area contributed by atoms with Gasteiger partial charge < -0.3 is 10.1 Å². The highest BCUT2D eigenvalue weighted by atomic mass is 32.2. The Morgan fingerprint density at radius 2 is 1.86 bits per heavy atom. The number of hydrogen-bond donors (Lipinski definition) is 1. The van der Waals surface area contributed by atoms with Crippen molar-refractivity contribution in [2.75, 3.05) is 12.4 Å². The monoisotopic (exact) mass is 519 g/mol. The van der Waals surface area contributed by atoms with E-state index < -0.39 is 21.6 Å². The zero-order chi connectivity index (χ0) is 25.6. The molecule has 1 N–H and O–H groups in total. The van der Waals surface area contributed by atoms with Crippen LogP contribution in [0, 0.1) is 5.82 Å². The number of aromatic nitrogens is 4. The van der Waals surface area contributed by atoms with Gasteiger partial charge in [0.1, 0.15) is 11.3 Å². The summed E-state index contributed by atoms with van der Waals surface area (Å²) in [5.41, 5.74) is 4.04. The molecule has 1 aliphatic heterocycles. The third kappa shape index (κ3) is 4.79. The number of halogens is 1. The molecule has 0 atom stereocenters. The summed E-state index contributed by atoms with van der Waals surface area (Å²) < 4.78 is 44.8. The normalized spacial score (nSPS) is 16.7. The molecule has 2 aliphatic rings. The number of ether oxygens (including phenoxy) is 1. The number of hydrogen-bond acceptors (Lipinski definition) is 8. The zero-order valence-corrected chi connectivity index (χ0v) is 20.5. The third-order valence-corrected chi connectivity index (χ3v) is 8.18. The number of sulfone groups is 1. The number of benzene rings is 1. The number of amides is 1. The Hall–Kier alpha value is -3.83. The molecule has 37 heavy (non-hydrogen) atoms. The van der Waals surface area contributed by atoms with E-state index in [1.165, 1.54) is 6.07 Å². The van der Waals surface area contributed by atoms with E-state index >= 15 is 0 Å². The van der Waals surface area contributed by atoms with Crippen molar-refractivity contribution >= 4 is 26.8 Å². The van der Waals surface area contributed by atoms with E-state index in [0.29, 0.717) is 28.3 Å². The molecule has 1 saturated carbocycles. The van der Waals surface area contributed by atoms with Gasteiger partial charge in [0, 0.05) is 22.7 Å². The van der Waals surface area contributed by atoms with Gasteiger partial charge in [-0.15, -0.1) is 5.10 Å². The predicted molar refractivity (Wildman–Crippen MR) is 132 cm³/mol. The zero-order valence-electron chi connectivity index (χ0n) is 19.6. The summed E-state index contributed by atoms with van der Waals surface area (Å²) in [6.45, 7) is -0.196. The summed E-state index contributed by atoms with van der Waals surface area (Å²) in [7, 11) is -3.76. The lowest BCUT2D eigenvalue weighted by Gasteiger charge is -2.11. The molecule has 0 bridgehead atoms. The van der Waals surface area contributed by atoms with Crippen LogP contribution in [0.4, 0.5) is 4.39 Å². The maximum Gasteiger partial charge on any atom is 0.251 e. The van der Waals surface area contributed by atoms with Gasteiger partial charge in [-0.1, -0.05) is 6.07 Å². The molecule has 0 spiro atoms. The van der Waals surface area contributed by atoms with Crippen LogP contribution in [-0.4, -0.2) is 46.9 Å². The maximum absolute atomic E-state index is 14.6. The van der Waals surface area contributed by atoms with Crippen molar-refractivity contribution in [1.82, 2.24) is 25.5 Å². The summed E-state index contributed by atoms with van der Waals surface area (Å²) in [5.74, 6) is -1.17. The van der Waals surface area contributed by atoms with Crippen LogP contribution < -0.4 is 5.32 Å². The molecule has 1 aliphatic carbocycles. The number of pyridine rings is 2.